The number of aliphatic hydroxyl groups excluding tert-OH is 1. The summed E-state index contributed by atoms with van der Waals surface area (Å²) < 4.78 is 0. The van der Waals surface area contributed by atoms with E-state index >= 15 is 0 Å². The lowest BCUT2D eigenvalue weighted by molar-refractivity contribution is -0.117. The second kappa shape index (κ2) is 5.26. The van der Waals surface area contributed by atoms with Gasteiger partial charge in [0.25, 0.3) is 6.54 Å². The first-order valence-electron chi connectivity index (χ1n) is 2.77. The van der Waals surface area contributed by atoms with Crippen LogP contribution in [-0.4, -0.2) is 24.0 Å². The molecule has 0 aliphatic heterocycles. The molecule has 0 radical (unpaired) electrons. The Balaban J connectivity index is 3.19. The molecule has 3 nitrogen and oxygen atoms in total. The van der Waals surface area contributed by atoms with Gasteiger partial charge in [-0.25, -0.2) is 6.57 Å². The third-order valence-electron chi connectivity index (χ3n) is 0.869. The second-order valence-electron chi connectivity index (χ2n) is 1.68. The molecule has 0 aromatic carbocycles. The van der Waals surface area contributed by atoms with Gasteiger partial charge in [-0.1, -0.05) is 0 Å². The molecule has 0 aliphatic carbocycles. The van der Waals surface area contributed by atoms with Crippen molar-refractivity contribution in [2.24, 2.45) is 0 Å². The number of hydrogen-bond donors (Lipinski definition) is 1. The predicted octanol–water partition coefficient (Wildman–Crippen LogP) is 0.247. The molecule has 0 saturated carbocycles. The Hall–Kier alpha value is -0.880. The van der Waals surface area contributed by atoms with Gasteiger partial charge < -0.3 is 9.95 Å². The van der Waals surface area contributed by atoms with E-state index in [2.05, 4.69) is 4.85 Å². The van der Waals surface area contributed by atoms with Crippen LogP contribution >= 0.6 is 0 Å². The molecule has 0 fully saturated rings. The minimum absolute atomic E-state index is 0.0315. The Bertz CT molecular complexity index is 126. The van der Waals surface area contributed by atoms with Crippen molar-refractivity contribution in [2.75, 3.05) is 13.2 Å². The zero-order valence-corrected chi connectivity index (χ0v) is 5.13. The maximum atomic E-state index is 10.5. The molecule has 0 atom stereocenters. The first-order valence-corrected chi connectivity index (χ1v) is 2.77. The fraction of sp³-hybridized carbons (Fsp3) is 0.667. The molecule has 0 aliphatic rings. The van der Waals surface area contributed by atoms with E-state index in [1.54, 1.807) is 0 Å². The van der Waals surface area contributed by atoms with E-state index in [1.165, 1.54) is 0 Å². The normalized spacial score (nSPS) is 8.44. The van der Waals surface area contributed by atoms with Gasteiger partial charge in [-0.15, -0.1) is 0 Å². The summed E-state index contributed by atoms with van der Waals surface area (Å²) in [5.74, 6) is -0.0842. The number of aliphatic hydroxyl groups is 1. The number of rotatable bonds is 4. The highest BCUT2D eigenvalue weighted by atomic mass is 16.3. The molecule has 0 aromatic rings. The summed E-state index contributed by atoms with van der Waals surface area (Å²) in [5.41, 5.74) is 0. The van der Waals surface area contributed by atoms with Crippen molar-refractivity contribution < 1.29 is 9.90 Å². The lowest BCUT2D eigenvalue weighted by atomic mass is 10.2. The number of carbonyl (C=O) groups is 1. The third kappa shape index (κ3) is 4.98. The van der Waals surface area contributed by atoms with Crippen LogP contribution in [0.5, 0.6) is 0 Å². The standard InChI is InChI=1S/C6H9NO2/c1-7-5-6(9)3-2-4-8/h8H,2-5H2. The van der Waals surface area contributed by atoms with Gasteiger partial charge in [0.05, 0.1) is 0 Å². The van der Waals surface area contributed by atoms with Crippen LogP contribution in [0.25, 0.3) is 4.85 Å². The largest absolute Gasteiger partial charge is 0.396 e. The van der Waals surface area contributed by atoms with Gasteiger partial charge in [-0.2, -0.15) is 0 Å². The van der Waals surface area contributed by atoms with Gasteiger partial charge in [-0.05, 0) is 6.42 Å². The van der Waals surface area contributed by atoms with Gasteiger partial charge in [0, 0.05) is 13.0 Å². The van der Waals surface area contributed by atoms with Crippen LogP contribution in [0.15, 0.2) is 0 Å². The Morgan fingerprint density at radius 1 is 1.67 bits per heavy atom. The van der Waals surface area contributed by atoms with Crippen LogP contribution in [0.2, 0.25) is 0 Å². The van der Waals surface area contributed by atoms with Crippen molar-refractivity contribution in [3.05, 3.63) is 11.4 Å². The number of nitrogens with zero attached hydrogens (tertiary/aromatic N) is 1. The Labute approximate surface area is 54.1 Å². The van der Waals surface area contributed by atoms with Crippen molar-refractivity contribution in [1.29, 1.82) is 0 Å². The topological polar surface area (TPSA) is 41.7 Å². The summed E-state index contributed by atoms with van der Waals surface area (Å²) in [4.78, 5) is 13.4. The molecule has 3 heteroatoms. The number of hydrogen-bond acceptors (Lipinski definition) is 2. The molecule has 0 bridgehead atoms. The molecule has 0 saturated heterocycles. The van der Waals surface area contributed by atoms with Gasteiger partial charge in [0.1, 0.15) is 0 Å². The van der Waals surface area contributed by atoms with E-state index in [9.17, 15) is 4.79 Å². The number of Topliss-reactive ketones (excluding diaryl/α,β-unsaturated/α-hetero) is 1. The number of ketones is 1. The molecule has 9 heavy (non-hydrogen) atoms. The maximum absolute atomic E-state index is 10.5. The first-order chi connectivity index (χ1) is 4.31. The summed E-state index contributed by atoms with van der Waals surface area (Å²) >= 11 is 0. The zero-order valence-electron chi connectivity index (χ0n) is 5.13. The van der Waals surface area contributed by atoms with Crippen molar-refractivity contribution in [3.8, 4) is 0 Å². The average Bonchev–Trinajstić information content (AvgIpc) is 1.85. The molecular formula is C6H9NO2. The van der Waals surface area contributed by atoms with Crippen LogP contribution in [0.1, 0.15) is 12.8 Å². The van der Waals surface area contributed by atoms with Crippen molar-refractivity contribution in [2.45, 2.75) is 12.8 Å². The molecule has 0 heterocycles. The zero-order chi connectivity index (χ0) is 7.11. The Morgan fingerprint density at radius 3 is 2.78 bits per heavy atom. The average molecular weight is 127 g/mol. The SMILES string of the molecule is [C-]#[N+]CC(=O)CCCO. The molecule has 0 amide bonds. The summed E-state index contributed by atoms with van der Waals surface area (Å²) in [5, 5.41) is 8.25. The summed E-state index contributed by atoms with van der Waals surface area (Å²) in [6.45, 7) is 6.30. The minimum atomic E-state index is -0.0842. The van der Waals surface area contributed by atoms with E-state index < -0.39 is 0 Å². The summed E-state index contributed by atoms with van der Waals surface area (Å²) in [7, 11) is 0. The van der Waals surface area contributed by atoms with Gasteiger partial charge >= 0.3 is 0 Å². The summed E-state index contributed by atoms with van der Waals surface area (Å²) in [6, 6.07) is 0. The molecule has 0 unspecified atom stereocenters. The van der Waals surface area contributed by atoms with Gasteiger partial charge in [-0.3, -0.25) is 4.79 Å². The van der Waals surface area contributed by atoms with Crippen molar-refractivity contribution in [1.82, 2.24) is 0 Å². The highest BCUT2D eigenvalue weighted by Crippen LogP contribution is 1.88. The summed E-state index contributed by atoms with van der Waals surface area (Å²) in [6.07, 6.45) is 0.813. The number of carbonyl (C=O) groups excluding carboxylic acids is 1. The van der Waals surface area contributed by atoms with E-state index in [4.69, 9.17) is 11.7 Å². The molecule has 50 valence electrons. The van der Waals surface area contributed by atoms with Gasteiger partial charge in [0.15, 0.2) is 0 Å². The molecular weight excluding hydrogens is 118 g/mol. The van der Waals surface area contributed by atoms with Crippen LogP contribution in [-0.2, 0) is 4.79 Å². The minimum Gasteiger partial charge on any atom is -0.396 e. The van der Waals surface area contributed by atoms with E-state index in [1.807, 2.05) is 0 Å². The van der Waals surface area contributed by atoms with Crippen LogP contribution in [0.3, 0.4) is 0 Å². The monoisotopic (exact) mass is 127 g/mol. The van der Waals surface area contributed by atoms with Crippen molar-refractivity contribution >= 4 is 5.78 Å². The first kappa shape index (κ1) is 8.12. The van der Waals surface area contributed by atoms with E-state index in [0.717, 1.165) is 0 Å². The van der Waals surface area contributed by atoms with Crippen LogP contribution in [0.4, 0.5) is 0 Å². The quantitative estimate of drug-likeness (QED) is 0.550. The van der Waals surface area contributed by atoms with E-state index in [0.29, 0.717) is 12.8 Å². The molecule has 0 rings (SSSR count). The van der Waals surface area contributed by atoms with Crippen molar-refractivity contribution in [3.63, 3.8) is 0 Å². The smallest absolute Gasteiger partial charge is 0.272 e. The Kier molecular flexibility index (Phi) is 4.75. The Morgan fingerprint density at radius 2 is 2.33 bits per heavy atom. The highest BCUT2D eigenvalue weighted by Gasteiger charge is 2.01. The van der Waals surface area contributed by atoms with Gasteiger partial charge in [0.2, 0.25) is 5.78 Å². The second-order valence-corrected chi connectivity index (χ2v) is 1.68. The van der Waals surface area contributed by atoms with Crippen LogP contribution in [0, 0.1) is 6.57 Å². The molecule has 1 N–H and O–H groups in total. The molecule has 0 spiro atoms. The maximum Gasteiger partial charge on any atom is 0.272 e. The third-order valence-corrected chi connectivity index (χ3v) is 0.869. The van der Waals surface area contributed by atoms with E-state index in [-0.39, 0.29) is 18.9 Å². The molecule has 0 aromatic heterocycles. The van der Waals surface area contributed by atoms with Crippen LogP contribution < -0.4 is 0 Å². The fourth-order valence-corrected chi connectivity index (χ4v) is 0.443. The lowest BCUT2D eigenvalue weighted by Gasteiger charge is -1.88. The fourth-order valence-electron chi connectivity index (χ4n) is 0.443. The lowest BCUT2D eigenvalue weighted by Crippen LogP contribution is -2.01. The predicted molar refractivity (Wildman–Crippen MR) is 32.8 cm³/mol. The highest BCUT2D eigenvalue weighted by molar-refractivity contribution is 5.81.